The van der Waals surface area contributed by atoms with Gasteiger partial charge < -0.3 is 10.1 Å². The molecule has 0 unspecified atom stereocenters. The van der Waals surface area contributed by atoms with E-state index in [0.717, 1.165) is 12.1 Å². The Balaban J connectivity index is 2.01. The number of aromatic nitrogens is 2. The number of alkyl halides is 3. The van der Waals surface area contributed by atoms with Gasteiger partial charge in [0.2, 0.25) is 0 Å². The van der Waals surface area contributed by atoms with Crippen LogP contribution in [0.25, 0.3) is 0 Å². The summed E-state index contributed by atoms with van der Waals surface area (Å²) in [6.45, 7) is 2.52. The average molecular weight is 299 g/mol. The van der Waals surface area contributed by atoms with E-state index >= 15 is 0 Å². The smallest absolute Gasteiger partial charge is 0.406 e. The zero-order chi connectivity index (χ0) is 15.5. The number of carbonyl (C=O) groups excluding carboxylic acids is 1. The first-order valence-electron chi connectivity index (χ1n) is 6.07. The van der Waals surface area contributed by atoms with Gasteiger partial charge in [0.05, 0.1) is 11.8 Å². The number of carbonyl (C=O) groups is 1. The van der Waals surface area contributed by atoms with Crippen LogP contribution in [0.2, 0.25) is 0 Å². The molecule has 2 aromatic rings. The highest BCUT2D eigenvalue weighted by Crippen LogP contribution is 2.24. The topological polar surface area (TPSA) is 56.2 Å². The third-order valence-corrected chi connectivity index (χ3v) is 2.57. The van der Waals surface area contributed by atoms with E-state index in [1.807, 2.05) is 6.92 Å². The van der Waals surface area contributed by atoms with Gasteiger partial charge in [-0.15, -0.1) is 13.2 Å². The van der Waals surface area contributed by atoms with Crippen molar-refractivity contribution in [3.63, 3.8) is 0 Å². The van der Waals surface area contributed by atoms with Gasteiger partial charge in [-0.2, -0.15) is 5.10 Å². The second kappa shape index (κ2) is 5.86. The minimum Gasteiger partial charge on any atom is -0.406 e. The Morgan fingerprint density at radius 3 is 2.52 bits per heavy atom. The van der Waals surface area contributed by atoms with Crippen molar-refractivity contribution in [3.8, 4) is 5.75 Å². The van der Waals surface area contributed by atoms with Crippen LogP contribution in [0.5, 0.6) is 5.75 Å². The van der Waals surface area contributed by atoms with Crippen molar-refractivity contribution in [3.05, 3.63) is 42.2 Å². The van der Waals surface area contributed by atoms with Crippen LogP contribution in [-0.2, 0) is 6.54 Å². The van der Waals surface area contributed by atoms with Crippen LogP contribution < -0.4 is 10.1 Å². The highest BCUT2D eigenvalue weighted by atomic mass is 19.4. The van der Waals surface area contributed by atoms with Crippen LogP contribution >= 0.6 is 0 Å². The molecule has 1 aromatic heterocycles. The maximum Gasteiger partial charge on any atom is 0.573 e. The number of ether oxygens (including phenoxy) is 1. The third kappa shape index (κ3) is 4.23. The number of aryl methyl sites for hydroxylation is 1. The van der Waals surface area contributed by atoms with Crippen molar-refractivity contribution in [2.45, 2.75) is 19.8 Å². The van der Waals surface area contributed by atoms with Crippen LogP contribution in [0, 0.1) is 0 Å². The van der Waals surface area contributed by atoms with Crippen LogP contribution in [0.4, 0.5) is 18.9 Å². The van der Waals surface area contributed by atoms with Crippen molar-refractivity contribution in [1.82, 2.24) is 9.78 Å². The Labute approximate surface area is 118 Å². The van der Waals surface area contributed by atoms with E-state index in [1.54, 1.807) is 10.9 Å². The van der Waals surface area contributed by atoms with Crippen molar-refractivity contribution in [2.24, 2.45) is 0 Å². The summed E-state index contributed by atoms with van der Waals surface area (Å²) in [6.07, 6.45) is -1.74. The fourth-order valence-corrected chi connectivity index (χ4v) is 1.60. The fourth-order valence-electron chi connectivity index (χ4n) is 1.60. The molecule has 0 fully saturated rings. The van der Waals surface area contributed by atoms with Crippen LogP contribution in [0.3, 0.4) is 0 Å². The summed E-state index contributed by atoms with van der Waals surface area (Å²) in [5.74, 6) is -0.738. The number of hydrogen-bond acceptors (Lipinski definition) is 3. The molecule has 2 rings (SSSR count). The number of anilines is 1. The predicted molar refractivity (Wildman–Crippen MR) is 69.0 cm³/mol. The standard InChI is InChI=1S/C13H12F3N3O2/c1-2-19-8-9(7-17-19)12(20)18-10-3-5-11(6-4-10)21-13(14,15)16/h3-8H,2H2,1H3,(H,18,20). The molecule has 21 heavy (non-hydrogen) atoms. The maximum absolute atomic E-state index is 12.0. The molecule has 1 amide bonds. The van der Waals surface area contributed by atoms with Crippen LogP contribution in [0.1, 0.15) is 17.3 Å². The molecule has 1 aromatic carbocycles. The number of nitrogens with one attached hydrogen (secondary N) is 1. The van der Waals surface area contributed by atoms with Crippen molar-refractivity contribution >= 4 is 11.6 Å². The quantitative estimate of drug-likeness (QED) is 0.944. The van der Waals surface area contributed by atoms with Gasteiger partial charge >= 0.3 is 6.36 Å². The van der Waals surface area contributed by atoms with Gasteiger partial charge in [-0.3, -0.25) is 9.48 Å². The Kier molecular flexibility index (Phi) is 4.15. The average Bonchev–Trinajstić information content (AvgIpc) is 2.88. The lowest BCUT2D eigenvalue weighted by atomic mass is 10.2. The molecule has 0 aliphatic heterocycles. The Morgan fingerprint density at radius 1 is 1.33 bits per heavy atom. The molecule has 0 saturated heterocycles. The number of halogens is 3. The summed E-state index contributed by atoms with van der Waals surface area (Å²) >= 11 is 0. The molecule has 1 N–H and O–H groups in total. The molecule has 0 saturated carbocycles. The molecule has 112 valence electrons. The molecule has 5 nitrogen and oxygen atoms in total. The predicted octanol–water partition coefficient (Wildman–Crippen LogP) is 3.05. The van der Waals surface area contributed by atoms with Gasteiger partial charge in [0.15, 0.2) is 0 Å². The largest absolute Gasteiger partial charge is 0.573 e. The van der Waals surface area contributed by atoms with Crippen LogP contribution in [-0.4, -0.2) is 22.1 Å². The van der Waals surface area contributed by atoms with Gasteiger partial charge in [-0.25, -0.2) is 0 Å². The normalized spacial score (nSPS) is 11.2. The number of benzene rings is 1. The van der Waals surface area contributed by atoms with E-state index in [-0.39, 0.29) is 11.7 Å². The minimum atomic E-state index is -4.74. The van der Waals surface area contributed by atoms with Gasteiger partial charge in [0.1, 0.15) is 5.75 Å². The highest BCUT2D eigenvalue weighted by molar-refractivity contribution is 6.03. The van der Waals surface area contributed by atoms with Gasteiger partial charge in [0.25, 0.3) is 5.91 Å². The van der Waals surface area contributed by atoms with E-state index in [0.29, 0.717) is 17.8 Å². The Hall–Kier alpha value is -2.51. The van der Waals surface area contributed by atoms with E-state index < -0.39 is 6.36 Å². The van der Waals surface area contributed by atoms with Gasteiger partial charge in [-0.05, 0) is 31.2 Å². The molecule has 0 atom stereocenters. The van der Waals surface area contributed by atoms with E-state index in [9.17, 15) is 18.0 Å². The molecule has 0 aliphatic carbocycles. The SMILES string of the molecule is CCn1cc(C(=O)Nc2ccc(OC(F)(F)F)cc2)cn1. The number of hydrogen-bond donors (Lipinski definition) is 1. The summed E-state index contributed by atoms with van der Waals surface area (Å²) < 4.78 is 41.4. The van der Waals surface area contributed by atoms with Gasteiger partial charge in [0, 0.05) is 18.4 Å². The Bertz CT molecular complexity index is 620. The van der Waals surface area contributed by atoms with Crippen LogP contribution in [0.15, 0.2) is 36.7 Å². The van der Waals surface area contributed by atoms with Crippen molar-refractivity contribution in [1.29, 1.82) is 0 Å². The lowest BCUT2D eigenvalue weighted by Crippen LogP contribution is -2.17. The second-order valence-electron chi connectivity index (χ2n) is 4.11. The third-order valence-electron chi connectivity index (χ3n) is 2.57. The fraction of sp³-hybridized carbons (Fsp3) is 0.231. The molecule has 0 aliphatic rings. The first-order chi connectivity index (χ1) is 9.87. The first kappa shape index (κ1) is 14.9. The summed E-state index contributed by atoms with van der Waals surface area (Å²) in [7, 11) is 0. The zero-order valence-corrected chi connectivity index (χ0v) is 11.0. The highest BCUT2D eigenvalue weighted by Gasteiger charge is 2.30. The lowest BCUT2D eigenvalue weighted by Gasteiger charge is -2.09. The number of amides is 1. The molecule has 1 heterocycles. The summed E-state index contributed by atoms with van der Waals surface area (Å²) in [5, 5.41) is 6.52. The minimum absolute atomic E-state index is 0.348. The zero-order valence-electron chi connectivity index (χ0n) is 11.0. The second-order valence-corrected chi connectivity index (χ2v) is 4.11. The molecule has 0 bridgehead atoms. The molecular formula is C13H12F3N3O2. The maximum atomic E-state index is 12.0. The van der Waals surface area contributed by atoms with Crippen molar-refractivity contribution in [2.75, 3.05) is 5.32 Å². The first-order valence-corrected chi connectivity index (χ1v) is 6.07. The molecule has 0 radical (unpaired) electrons. The Morgan fingerprint density at radius 2 is 2.00 bits per heavy atom. The number of rotatable bonds is 4. The lowest BCUT2D eigenvalue weighted by molar-refractivity contribution is -0.274. The molecule has 8 heteroatoms. The summed E-state index contributed by atoms with van der Waals surface area (Å²) in [6, 6.07) is 4.89. The van der Waals surface area contributed by atoms with E-state index in [2.05, 4.69) is 15.2 Å². The number of nitrogens with zero attached hydrogens (tertiary/aromatic N) is 2. The molecule has 0 spiro atoms. The van der Waals surface area contributed by atoms with E-state index in [4.69, 9.17) is 0 Å². The van der Waals surface area contributed by atoms with Gasteiger partial charge in [-0.1, -0.05) is 0 Å². The monoisotopic (exact) mass is 299 g/mol. The van der Waals surface area contributed by atoms with E-state index in [1.165, 1.54) is 18.3 Å². The molecular weight excluding hydrogens is 287 g/mol. The van der Waals surface area contributed by atoms with Crippen molar-refractivity contribution < 1.29 is 22.7 Å². The summed E-state index contributed by atoms with van der Waals surface area (Å²) in [4.78, 5) is 11.9. The summed E-state index contributed by atoms with van der Waals surface area (Å²) in [5.41, 5.74) is 0.728.